The molecule has 38 heavy (non-hydrogen) atoms. The summed E-state index contributed by atoms with van der Waals surface area (Å²) in [5.74, 6) is -1.53. The lowest BCUT2D eigenvalue weighted by molar-refractivity contribution is -0.128. The molecule has 0 aromatic heterocycles. The Kier molecular flexibility index (Phi) is 5.45. The summed E-state index contributed by atoms with van der Waals surface area (Å²) in [4.78, 5) is 45.4. The highest BCUT2D eigenvalue weighted by atomic mass is 35.5. The van der Waals surface area contributed by atoms with Gasteiger partial charge in [0.15, 0.2) is 11.6 Å². The fourth-order valence-corrected chi connectivity index (χ4v) is 6.75. The molecule has 3 aliphatic heterocycles. The molecule has 3 aromatic rings. The van der Waals surface area contributed by atoms with Crippen LogP contribution in [0, 0.1) is 11.3 Å². The van der Waals surface area contributed by atoms with E-state index in [1.807, 2.05) is 76.2 Å². The SMILES string of the molecule is CC1=C[C@H]2N(c3ccccc31)[C@H](C(=O)C(C)(C)C)[C@@H](C(=O)c1ccc(Cl)cc1)[C@]21C(=O)Nc2ccccc21. The zero-order chi connectivity index (χ0) is 27.0. The van der Waals surface area contributed by atoms with E-state index in [4.69, 9.17) is 11.6 Å². The smallest absolute Gasteiger partial charge is 0.238 e. The highest BCUT2D eigenvalue weighted by Gasteiger charge is 2.71. The number of fused-ring (bicyclic) bond motifs is 6. The van der Waals surface area contributed by atoms with Crippen molar-refractivity contribution in [3.8, 4) is 0 Å². The van der Waals surface area contributed by atoms with Gasteiger partial charge in [0.2, 0.25) is 5.91 Å². The van der Waals surface area contributed by atoms with E-state index in [2.05, 4.69) is 16.3 Å². The van der Waals surface area contributed by atoms with Crippen molar-refractivity contribution in [2.24, 2.45) is 11.3 Å². The minimum atomic E-state index is -1.30. The summed E-state index contributed by atoms with van der Waals surface area (Å²) in [7, 11) is 0. The molecule has 5 nitrogen and oxygen atoms in total. The number of nitrogens with one attached hydrogen (secondary N) is 1. The standard InChI is InChI=1S/C32H29ClN2O3/c1-18-17-25-32(22-10-6-7-11-23(22)34-30(32)38)26(28(36)19-13-15-20(33)16-14-19)27(29(37)31(2,3)4)35(25)24-12-8-5-9-21(18)24/h5-17,25-27H,1-4H3,(H,34,38)/t25-,26+,27+,32-/m1/s1. The lowest BCUT2D eigenvalue weighted by Crippen LogP contribution is -2.51. The van der Waals surface area contributed by atoms with E-state index in [9.17, 15) is 14.4 Å². The number of allylic oxidation sites excluding steroid dienone is 1. The van der Waals surface area contributed by atoms with Gasteiger partial charge in [-0.3, -0.25) is 14.4 Å². The summed E-state index contributed by atoms with van der Waals surface area (Å²) in [6.45, 7) is 7.65. The molecular weight excluding hydrogens is 496 g/mol. The first-order valence-electron chi connectivity index (χ1n) is 12.9. The van der Waals surface area contributed by atoms with Crippen molar-refractivity contribution in [2.45, 2.75) is 45.2 Å². The Balaban J connectivity index is 1.70. The van der Waals surface area contributed by atoms with Crippen molar-refractivity contribution in [3.63, 3.8) is 0 Å². The maximum atomic E-state index is 14.6. The van der Waals surface area contributed by atoms with Gasteiger partial charge in [-0.2, -0.15) is 0 Å². The third kappa shape index (κ3) is 3.27. The van der Waals surface area contributed by atoms with Crippen molar-refractivity contribution in [2.75, 3.05) is 10.2 Å². The first-order valence-corrected chi connectivity index (χ1v) is 13.3. The molecule has 1 amide bonds. The van der Waals surface area contributed by atoms with Crippen LogP contribution in [0.15, 0.2) is 78.9 Å². The van der Waals surface area contributed by atoms with Crippen molar-refractivity contribution in [1.29, 1.82) is 0 Å². The number of amides is 1. The number of hydrogen-bond acceptors (Lipinski definition) is 4. The average molecular weight is 525 g/mol. The van der Waals surface area contributed by atoms with Crippen LogP contribution in [0.25, 0.3) is 5.57 Å². The maximum absolute atomic E-state index is 14.6. The number of benzene rings is 3. The fourth-order valence-electron chi connectivity index (χ4n) is 6.62. The van der Waals surface area contributed by atoms with E-state index in [-0.39, 0.29) is 17.5 Å². The predicted octanol–water partition coefficient (Wildman–Crippen LogP) is 6.32. The van der Waals surface area contributed by atoms with E-state index in [1.165, 1.54) is 0 Å². The van der Waals surface area contributed by atoms with Crippen LogP contribution in [0.1, 0.15) is 49.2 Å². The molecule has 4 atom stereocenters. The lowest BCUT2D eigenvalue weighted by Gasteiger charge is -2.39. The van der Waals surface area contributed by atoms with Crippen molar-refractivity contribution in [1.82, 2.24) is 0 Å². The van der Waals surface area contributed by atoms with Crippen LogP contribution in [-0.4, -0.2) is 29.6 Å². The number of anilines is 2. The maximum Gasteiger partial charge on any atom is 0.238 e. The Morgan fingerprint density at radius 3 is 2.32 bits per heavy atom. The molecule has 192 valence electrons. The minimum Gasteiger partial charge on any atom is -0.352 e. The van der Waals surface area contributed by atoms with Crippen LogP contribution in [0.5, 0.6) is 0 Å². The topological polar surface area (TPSA) is 66.5 Å². The summed E-state index contributed by atoms with van der Waals surface area (Å²) in [6.07, 6.45) is 2.07. The van der Waals surface area contributed by atoms with E-state index < -0.39 is 28.8 Å². The molecule has 3 heterocycles. The number of carbonyl (C=O) groups is 3. The third-order valence-electron chi connectivity index (χ3n) is 8.30. The average Bonchev–Trinajstić information content (AvgIpc) is 3.36. The molecule has 6 heteroatoms. The molecule has 1 N–H and O–H groups in total. The summed E-state index contributed by atoms with van der Waals surface area (Å²) in [5, 5.41) is 3.58. The van der Waals surface area contributed by atoms with Crippen LogP contribution in [-0.2, 0) is 15.0 Å². The summed E-state index contributed by atoms with van der Waals surface area (Å²) < 4.78 is 0. The van der Waals surface area contributed by atoms with Gasteiger partial charge in [-0.25, -0.2) is 0 Å². The summed E-state index contributed by atoms with van der Waals surface area (Å²) in [5.41, 5.74) is 2.68. The zero-order valence-electron chi connectivity index (χ0n) is 21.8. The van der Waals surface area contributed by atoms with Crippen molar-refractivity contribution >= 4 is 46.0 Å². The van der Waals surface area contributed by atoms with E-state index in [0.29, 0.717) is 16.3 Å². The molecular formula is C32H29ClN2O3. The number of rotatable bonds is 3. The first kappa shape index (κ1) is 24.6. The number of nitrogens with zero attached hydrogens (tertiary/aromatic N) is 1. The number of Topliss-reactive ketones (excluding diaryl/α,β-unsaturated/α-hetero) is 2. The second-order valence-corrected chi connectivity index (χ2v) is 11.9. The second-order valence-electron chi connectivity index (χ2n) is 11.5. The normalized spacial score (nSPS) is 25.4. The van der Waals surface area contributed by atoms with Crippen molar-refractivity contribution < 1.29 is 14.4 Å². The number of para-hydroxylation sites is 2. The number of hydrogen-bond donors (Lipinski definition) is 1. The molecule has 0 saturated carbocycles. The quantitative estimate of drug-likeness (QED) is 0.407. The molecule has 1 spiro atoms. The number of carbonyl (C=O) groups excluding carboxylic acids is 3. The predicted molar refractivity (Wildman–Crippen MR) is 151 cm³/mol. The van der Waals surface area contributed by atoms with Gasteiger partial charge in [0.1, 0.15) is 11.5 Å². The molecule has 0 radical (unpaired) electrons. The molecule has 0 aliphatic carbocycles. The highest BCUT2D eigenvalue weighted by molar-refractivity contribution is 6.30. The highest BCUT2D eigenvalue weighted by Crippen LogP contribution is 2.59. The van der Waals surface area contributed by atoms with Gasteiger partial charge < -0.3 is 10.2 Å². The van der Waals surface area contributed by atoms with Crippen molar-refractivity contribution in [3.05, 3.63) is 101 Å². The largest absolute Gasteiger partial charge is 0.352 e. The Hall–Kier alpha value is -3.70. The molecule has 1 saturated heterocycles. The van der Waals surface area contributed by atoms with E-state index >= 15 is 0 Å². The van der Waals surface area contributed by atoms with Gasteiger partial charge in [-0.1, -0.05) is 74.8 Å². The van der Waals surface area contributed by atoms with Crippen LogP contribution in [0.4, 0.5) is 11.4 Å². The monoisotopic (exact) mass is 524 g/mol. The zero-order valence-corrected chi connectivity index (χ0v) is 22.5. The molecule has 6 rings (SSSR count). The number of ketones is 2. The Morgan fingerprint density at radius 2 is 1.61 bits per heavy atom. The van der Waals surface area contributed by atoms with Gasteiger partial charge in [0, 0.05) is 32.9 Å². The molecule has 0 unspecified atom stereocenters. The van der Waals surface area contributed by atoms with Gasteiger partial charge in [-0.05, 0) is 54.5 Å². The molecule has 3 aromatic carbocycles. The van der Waals surface area contributed by atoms with E-state index in [1.54, 1.807) is 24.3 Å². The molecule has 3 aliphatic rings. The van der Waals surface area contributed by atoms with Crippen LogP contribution in [0.2, 0.25) is 5.02 Å². The Bertz CT molecular complexity index is 1530. The van der Waals surface area contributed by atoms with Crippen LogP contribution in [0.3, 0.4) is 0 Å². The lowest BCUT2D eigenvalue weighted by atomic mass is 9.63. The summed E-state index contributed by atoms with van der Waals surface area (Å²) in [6, 6.07) is 20.8. The van der Waals surface area contributed by atoms with Crippen LogP contribution >= 0.6 is 11.6 Å². The fraction of sp³-hybridized carbons (Fsp3) is 0.281. The Morgan fingerprint density at radius 1 is 0.947 bits per heavy atom. The Labute approximate surface area is 227 Å². The minimum absolute atomic E-state index is 0.0772. The molecule has 0 bridgehead atoms. The first-order chi connectivity index (χ1) is 18.1. The van der Waals surface area contributed by atoms with Gasteiger partial charge in [0.05, 0.1) is 12.0 Å². The number of halogens is 1. The summed E-state index contributed by atoms with van der Waals surface area (Å²) >= 11 is 6.15. The van der Waals surface area contributed by atoms with E-state index in [0.717, 1.165) is 22.4 Å². The van der Waals surface area contributed by atoms with Gasteiger partial charge in [0.25, 0.3) is 0 Å². The second kappa shape index (κ2) is 8.40. The van der Waals surface area contributed by atoms with Crippen LogP contribution < -0.4 is 10.2 Å². The van der Waals surface area contributed by atoms with Gasteiger partial charge in [-0.15, -0.1) is 0 Å². The molecule has 1 fully saturated rings. The van der Waals surface area contributed by atoms with Gasteiger partial charge >= 0.3 is 0 Å². The third-order valence-corrected chi connectivity index (χ3v) is 8.55.